The maximum absolute atomic E-state index is 12.9. The number of nitrogens with zero attached hydrogens (tertiary/aromatic N) is 3. The third kappa shape index (κ3) is 5.63. The van der Waals surface area contributed by atoms with E-state index in [0.29, 0.717) is 12.2 Å². The summed E-state index contributed by atoms with van der Waals surface area (Å²) in [7, 11) is 0. The van der Waals surface area contributed by atoms with Gasteiger partial charge in [0, 0.05) is 55.7 Å². The highest BCUT2D eigenvalue weighted by Crippen LogP contribution is 2.22. The molecule has 31 heavy (non-hydrogen) atoms. The van der Waals surface area contributed by atoms with Crippen LogP contribution in [0.15, 0.2) is 67.0 Å². The van der Waals surface area contributed by atoms with E-state index >= 15 is 0 Å². The van der Waals surface area contributed by atoms with Gasteiger partial charge in [-0.3, -0.25) is 14.7 Å². The van der Waals surface area contributed by atoms with Crippen LogP contribution < -0.4 is 4.74 Å². The van der Waals surface area contributed by atoms with E-state index in [1.165, 1.54) is 5.56 Å². The minimum Gasteiger partial charge on any atom is -0.489 e. The lowest BCUT2D eigenvalue weighted by Crippen LogP contribution is -2.48. The second-order valence-corrected chi connectivity index (χ2v) is 8.23. The number of aryl methyl sites for hydroxylation is 1. The zero-order chi connectivity index (χ0) is 21.6. The van der Waals surface area contributed by atoms with Crippen LogP contribution in [0.25, 0.3) is 0 Å². The second-order valence-electron chi connectivity index (χ2n) is 7.83. The van der Waals surface area contributed by atoms with Gasteiger partial charge in [-0.05, 0) is 60.0 Å². The molecule has 4 rings (SSSR count). The molecule has 0 radical (unpaired) electrons. The molecule has 0 atom stereocenters. The number of amides is 1. The highest BCUT2D eigenvalue weighted by atomic mass is 35.5. The van der Waals surface area contributed by atoms with E-state index < -0.39 is 0 Å². The van der Waals surface area contributed by atoms with Crippen LogP contribution in [0.1, 0.15) is 27.0 Å². The summed E-state index contributed by atoms with van der Waals surface area (Å²) in [5.74, 6) is 0.869. The van der Waals surface area contributed by atoms with Crippen molar-refractivity contribution in [3.8, 4) is 5.75 Å². The van der Waals surface area contributed by atoms with Crippen molar-refractivity contribution in [2.75, 3.05) is 26.2 Å². The summed E-state index contributed by atoms with van der Waals surface area (Å²) in [6, 6.07) is 17.3. The summed E-state index contributed by atoms with van der Waals surface area (Å²) in [6.45, 7) is 6.48. The van der Waals surface area contributed by atoms with Crippen LogP contribution in [0.5, 0.6) is 5.75 Å². The Balaban J connectivity index is 1.28. The first-order valence-electron chi connectivity index (χ1n) is 10.5. The summed E-state index contributed by atoms with van der Waals surface area (Å²) < 4.78 is 5.84. The molecular weight excluding hydrogens is 410 g/mol. The van der Waals surface area contributed by atoms with Gasteiger partial charge in [0.2, 0.25) is 0 Å². The summed E-state index contributed by atoms with van der Waals surface area (Å²) >= 11 is 6.06. The Morgan fingerprint density at radius 3 is 2.48 bits per heavy atom. The van der Waals surface area contributed by atoms with Gasteiger partial charge in [0.1, 0.15) is 12.4 Å². The smallest absolute Gasteiger partial charge is 0.253 e. The normalized spacial score (nSPS) is 14.5. The van der Waals surface area contributed by atoms with Crippen LogP contribution in [-0.4, -0.2) is 46.9 Å². The van der Waals surface area contributed by atoms with E-state index in [1.54, 1.807) is 6.20 Å². The number of hydrogen-bond donors (Lipinski definition) is 0. The van der Waals surface area contributed by atoms with Gasteiger partial charge in [0.25, 0.3) is 5.91 Å². The first-order valence-corrected chi connectivity index (χ1v) is 10.8. The Morgan fingerprint density at radius 2 is 1.81 bits per heavy atom. The number of piperazine rings is 1. The van der Waals surface area contributed by atoms with E-state index in [1.807, 2.05) is 66.6 Å². The van der Waals surface area contributed by atoms with Crippen molar-refractivity contribution in [1.29, 1.82) is 0 Å². The predicted octanol–water partition coefficient (Wildman–Crippen LogP) is 4.58. The SMILES string of the molecule is Cc1cc(OCc2ccc(C(=O)N3CCN(Cc4cccnc4)CC3)cc2)ccc1Cl. The van der Waals surface area contributed by atoms with Crippen molar-refractivity contribution in [1.82, 2.24) is 14.8 Å². The highest BCUT2D eigenvalue weighted by Gasteiger charge is 2.22. The van der Waals surface area contributed by atoms with Crippen LogP contribution in [0, 0.1) is 6.92 Å². The third-order valence-electron chi connectivity index (χ3n) is 5.52. The van der Waals surface area contributed by atoms with Gasteiger partial charge in [0.05, 0.1) is 0 Å². The van der Waals surface area contributed by atoms with Crippen molar-refractivity contribution in [3.05, 3.63) is 94.3 Å². The second kappa shape index (κ2) is 9.94. The van der Waals surface area contributed by atoms with Gasteiger partial charge in [-0.25, -0.2) is 0 Å². The molecule has 5 nitrogen and oxygen atoms in total. The fraction of sp³-hybridized carbons (Fsp3) is 0.280. The zero-order valence-electron chi connectivity index (χ0n) is 17.6. The maximum atomic E-state index is 12.9. The lowest BCUT2D eigenvalue weighted by atomic mass is 10.1. The molecule has 2 heterocycles. The molecule has 1 aliphatic rings. The van der Waals surface area contributed by atoms with Gasteiger partial charge < -0.3 is 9.64 Å². The molecule has 1 saturated heterocycles. The largest absolute Gasteiger partial charge is 0.489 e. The quantitative estimate of drug-likeness (QED) is 0.568. The summed E-state index contributed by atoms with van der Waals surface area (Å²) in [4.78, 5) is 21.3. The van der Waals surface area contributed by atoms with E-state index in [9.17, 15) is 4.79 Å². The number of hydrogen-bond acceptors (Lipinski definition) is 4. The standard InChI is InChI=1S/C25H26ClN3O2/c1-19-15-23(8-9-24(19)26)31-18-20-4-6-22(7-5-20)25(30)29-13-11-28(12-14-29)17-21-3-2-10-27-16-21/h2-10,15-16H,11-14,17-18H2,1H3. The van der Waals surface area contributed by atoms with E-state index in [2.05, 4.69) is 16.0 Å². The van der Waals surface area contributed by atoms with Crippen LogP contribution in [0.3, 0.4) is 0 Å². The van der Waals surface area contributed by atoms with Gasteiger partial charge >= 0.3 is 0 Å². The molecule has 0 N–H and O–H groups in total. The molecule has 1 aliphatic heterocycles. The topological polar surface area (TPSA) is 45.7 Å². The Bertz CT molecular complexity index is 1020. The lowest BCUT2D eigenvalue weighted by molar-refractivity contribution is 0.0628. The zero-order valence-corrected chi connectivity index (χ0v) is 18.4. The van der Waals surface area contributed by atoms with Gasteiger partial charge in [-0.15, -0.1) is 0 Å². The molecule has 160 valence electrons. The van der Waals surface area contributed by atoms with Crippen molar-refractivity contribution in [2.24, 2.45) is 0 Å². The summed E-state index contributed by atoms with van der Waals surface area (Å²) in [5, 5.41) is 0.730. The van der Waals surface area contributed by atoms with E-state index in [-0.39, 0.29) is 5.91 Å². The molecule has 3 aromatic rings. The number of rotatable bonds is 6. The minimum atomic E-state index is 0.0850. The Hall–Kier alpha value is -2.89. The number of pyridine rings is 1. The third-order valence-corrected chi connectivity index (χ3v) is 5.95. The van der Waals surface area contributed by atoms with Crippen LogP contribution in [0.2, 0.25) is 5.02 Å². The first-order chi connectivity index (χ1) is 15.1. The first kappa shape index (κ1) is 21.3. The van der Waals surface area contributed by atoms with E-state index in [0.717, 1.165) is 54.6 Å². The van der Waals surface area contributed by atoms with Crippen LogP contribution in [-0.2, 0) is 13.2 Å². The van der Waals surface area contributed by atoms with Crippen LogP contribution >= 0.6 is 11.6 Å². The van der Waals surface area contributed by atoms with Crippen molar-refractivity contribution >= 4 is 17.5 Å². The monoisotopic (exact) mass is 435 g/mol. The summed E-state index contributed by atoms with van der Waals surface area (Å²) in [5.41, 5.74) is 3.92. The highest BCUT2D eigenvalue weighted by molar-refractivity contribution is 6.31. The molecule has 0 spiro atoms. The number of benzene rings is 2. The van der Waals surface area contributed by atoms with Crippen molar-refractivity contribution < 1.29 is 9.53 Å². The Kier molecular flexibility index (Phi) is 6.85. The number of halogens is 1. The van der Waals surface area contributed by atoms with Gasteiger partial charge in [-0.2, -0.15) is 0 Å². The number of carbonyl (C=O) groups excluding carboxylic acids is 1. The number of carbonyl (C=O) groups is 1. The molecule has 0 aliphatic carbocycles. The molecule has 1 fully saturated rings. The molecule has 0 bridgehead atoms. The van der Waals surface area contributed by atoms with Crippen molar-refractivity contribution in [3.63, 3.8) is 0 Å². The fourth-order valence-electron chi connectivity index (χ4n) is 3.66. The molecule has 1 amide bonds. The van der Waals surface area contributed by atoms with Gasteiger partial charge in [0.15, 0.2) is 0 Å². The predicted molar refractivity (Wildman–Crippen MR) is 122 cm³/mol. The Morgan fingerprint density at radius 1 is 1.03 bits per heavy atom. The molecular formula is C25H26ClN3O2. The lowest BCUT2D eigenvalue weighted by Gasteiger charge is -2.34. The van der Waals surface area contributed by atoms with Crippen molar-refractivity contribution in [2.45, 2.75) is 20.1 Å². The molecule has 6 heteroatoms. The van der Waals surface area contributed by atoms with Gasteiger partial charge in [-0.1, -0.05) is 29.8 Å². The number of aromatic nitrogens is 1. The maximum Gasteiger partial charge on any atom is 0.253 e. The van der Waals surface area contributed by atoms with E-state index in [4.69, 9.17) is 16.3 Å². The average Bonchev–Trinajstić information content (AvgIpc) is 2.81. The molecule has 1 aromatic heterocycles. The Labute approximate surface area is 188 Å². The molecule has 0 saturated carbocycles. The minimum absolute atomic E-state index is 0.0850. The molecule has 0 unspecified atom stereocenters. The number of ether oxygens (including phenoxy) is 1. The van der Waals surface area contributed by atoms with Crippen LogP contribution in [0.4, 0.5) is 0 Å². The summed E-state index contributed by atoms with van der Waals surface area (Å²) in [6.07, 6.45) is 3.69. The average molecular weight is 436 g/mol. The molecule has 2 aromatic carbocycles. The fourth-order valence-corrected chi connectivity index (χ4v) is 3.78.